The maximum atomic E-state index is 14.1. The molecular weight excluding hydrogens is 459 g/mol. The van der Waals surface area contributed by atoms with Gasteiger partial charge < -0.3 is 15.1 Å². The molecule has 1 aromatic carbocycles. The van der Waals surface area contributed by atoms with Crippen molar-refractivity contribution in [3.8, 4) is 0 Å². The summed E-state index contributed by atoms with van der Waals surface area (Å²) in [6.07, 6.45) is 0. The molecule has 1 heterocycles. The van der Waals surface area contributed by atoms with Crippen LogP contribution in [-0.4, -0.2) is 28.1 Å². The summed E-state index contributed by atoms with van der Waals surface area (Å²) in [6.45, 7) is 0.959. The minimum absolute atomic E-state index is 0.0685. The Kier molecular flexibility index (Phi) is 6.13. The number of aromatic nitrogens is 1. The molecule has 26 heavy (non-hydrogen) atoms. The quantitative estimate of drug-likeness (QED) is 0.374. The smallest absolute Gasteiger partial charge is 0.347 e. The van der Waals surface area contributed by atoms with E-state index >= 15 is 0 Å². The number of thiazole rings is 1. The van der Waals surface area contributed by atoms with E-state index in [2.05, 4.69) is 26.6 Å². The summed E-state index contributed by atoms with van der Waals surface area (Å²) in [5.74, 6) is -0.854. The van der Waals surface area contributed by atoms with E-state index in [1.165, 1.54) is 28.9 Å². The van der Waals surface area contributed by atoms with Gasteiger partial charge in [-0.05, 0) is 6.07 Å². The number of nitrogens with zero attached hydrogens (tertiary/aromatic N) is 1. The highest BCUT2D eigenvalue weighted by Gasteiger charge is 2.52. The molecule has 0 unspecified atom stereocenters. The largest absolute Gasteiger partial charge is 0.399 e. The second-order valence-corrected chi connectivity index (χ2v) is 8.64. The molecule has 2 rings (SSSR count). The van der Waals surface area contributed by atoms with Crippen molar-refractivity contribution in [1.29, 1.82) is 0 Å². The first-order valence-electron chi connectivity index (χ1n) is 6.98. The van der Waals surface area contributed by atoms with Crippen LogP contribution in [0.25, 0.3) is 10.2 Å². The van der Waals surface area contributed by atoms with Gasteiger partial charge in [0.15, 0.2) is 0 Å². The van der Waals surface area contributed by atoms with Gasteiger partial charge in [0.1, 0.15) is 4.70 Å². The Morgan fingerprint density at radius 2 is 2.00 bits per heavy atom. The highest BCUT2D eigenvalue weighted by molar-refractivity contribution is 9.10. The van der Waals surface area contributed by atoms with Gasteiger partial charge in [0.25, 0.3) is 0 Å². The van der Waals surface area contributed by atoms with E-state index in [9.17, 15) is 22.9 Å². The molecule has 0 saturated carbocycles. The lowest BCUT2D eigenvalue weighted by Crippen LogP contribution is -2.45. The Morgan fingerprint density at radius 3 is 2.58 bits per heavy atom. The lowest BCUT2D eigenvalue weighted by atomic mass is 10.2. The minimum atomic E-state index is -5.72. The third kappa shape index (κ3) is 4.44. The van der Waals surface area contributed by atoms with Crippen molar-refractivity contribution < 1.29 is 37.3 Å². The molecule has 4 N–H and O–H groups in total. The van der Waals surface area contributed by atoms with Crippen molar-refractivity contribution in [2.45, 2.75) is 19.3 Å². The number of fused-ring (bicyclic) bond motifs is 1. The van der Waals surface area contributed by atoms with Crippen molar-refractivity contribution in [1.82, 2.24) is 10.6 Å². The fourth-order valence-electron chi connectivity index (χ4n) is 1.99. The predicted molar refractivity (Wildman–Crippen MR) is 92.5 cm³/mol. The molecule has 0 aliphatic rings. The molecule has 0 atom stereocenters. The van der Waals surface area contributed by atoms with Gasteiger partial charge in [-0.1, -0.05) is 27.3 Å². The Hall–Kier alpha value is -1.46. The third-order valence-corrected chi connectivity index (χ3v) is 5.87. The monoisotopic (exact) mass is 472 g/mol. The molecule has 0 fully saturated rings. The first-order chi connectivity index (χ1) is 11.9. The van der Waals surface area contributed by atoms with Gasteiger partial charge in [-0.25, -0.2) is 0 Å². The van der Waals surface area contributed by atoms with Gasteiger partial charge >= 0.3 is 13.3 Å². The maximum Gasteiger partial charge on any atom is 0.399 e. The van der Waals surface area contributed by atoms with Gasteiger partial charge in [-0.15, -0.1) is 0 Å². The van der Waals surface area contributed by atoms with Crippen LogP contribution in [0.15, 0.2) is 22.1 Å². The average molecular weight is 473 g/mol. The Labute approximate surface area is 158 Å². The Balaban J connectivity index is 2.31. The average Bonchev–Trinajstić information content (AvgIpc) is 2.90. The highest BCUT2D eigenvalue weighted by atomic mass is 79.9. The number of hydrogen-bond acceptors (Lipinski definition) is 4. The minimum Gasteiger partial charge on any atom is -0.347 e. The van der Waals surface area contributed by atoms with E-state index in [0.717, 1.165) is 6.07 Å². The second-order valence-electron chi connectivity index (χ2n) is 5.25. The number of carbonyl (C=O) groups excluding carboxylic acids is 2. The summed E-state index contributed by atoms with van der Waals surface area (Å²) in [4.78, 5) is 40.3. The van der Waals surface area contributed by atoms with Crippen LogP contribution < -0.4 is 15.2 Å². The molecule has 0 spiro atoms. The zero-order valence-electron chi connectivity index (χ0n) is 13.2. The molecular formula is C13H14BrF2N3O5PS+. The molecule has 2 amide bonds. The van der Waals surface area contributed by atoms with Crippen LogP contribution in [-0.2, 0) is 26.5 Å². The van der Waals surface area contributed by atoms with Crippen LogP contribution in [0.4, 0.5) is 8.78 Å². The first-order valence-corrected chi connectivity index (χ1v) is 10.3. The number of alkyl halides is 2. The molecule has 0 bridgehead atoms. The van der Waals surface area contributed by atoms with Gasteiger partial charge in [0.2, 0.25) is 29.5 Å². The number of rotatable bonds is 6. The zero-order valence-corrected chi connectivity index (χ0v) is 16.5. The van der Waals surface area contributed by atoms with Crippen LogP contribution >= 0.6 is 34.9 Å². The van der Waals surface area contributed by atoms with Crippen LogP contribution in [0.2, 0.25) is 0 Å². The van der Waals surface area contributed by atoms with Crippen molar-refractivity contribution in [2.24, 2.45) is 0 Å². The molecule has 0 aliphatic carbocycles. The summed E-state index contributed by atoms with van der Waals surface area (Å²) in [5.41, 5.74) is -3.39. The van der Waals surface area contributed by atoms with Gasteiger partial charge in [0.05, 0.1) is 12.1 Å². The molecule has 0 aliphatic heterocycles. The first kappa shape index (κ1) is 20.8. The number of hydrogen-bond donors (Lipinski definition) is 4. The van der Waals surface area contributed by atoms with E-state index in [-0.39, 0.29) is 29.1 Å². The SMILES string of the molecule is CC(=O)NCC(=O)NC[n+]1csc2cc(Br)c(C(F)(F)P(=O)(O)O)cc21. The Bertz CT molecular complexity index is 917. The molecule has 0 saturated heterocycles. The number of amides is 2. The number of halogens is 3. The fourth-order valence-corrected chi connectivity index (χ4v) is 4.30. The molecule has 1 aromatic heterocycles. The van der Waals surface area contributed by atoms with Crippen LogP contribution in [0.1, 0.15) is 12.5 Å². The van der Waals surface area contributed by atoms with Crippen LogP contribution in [0.5, 0.6) is 0 Å². The van der Waals surface area contributed by atoms with E-state index in [0.29, 0.717) is 4.70 Å². The number of nitrogens with one attached hydrogen (secondary N) is 2. The van der Waals surface area contributed by atoms with Crippen LogP contribution in [0.3, 0.4) is 0 Å². The highest BCUT2D eigenvalue weighted by Crippen LogP contribution is 2.60. The van der Waals surface area contributed by atoms with Gasteiger partial charge in [-0.3, -0.25) is 19.5 Å². The van der Waals surface area contributed by atoms with Gasteiger partial charge in [-0.2, -0.15) is 13.3 Å². The van der Waals surface area contributed by atoms with E-state index in [1.807, 2.05) is 0 Å². The summed E-state index contributed by atoms with van der Waals surface area (Å²) < 4.78 is 41.1. The summed E-state index contributed by atoms with van der Waals surface area (Å²) in [7, 11) is -5.72. The normalized spacial score (nSPS) is 12.2. The van der Waals surface area contributed by atoms with E-state index < -0.39 is 24.7 Å². The van der Waals surface area contributed by atoms with Gasteiger partial charge in [0, 0.05) is 17.5 Å². The lowest BCUT2D eigenvalue weighted by Gasteiger charge is -2.18. The standard InChI is InChI=1S/C13H13BrF2N3O5PS/c1-7(20)17-4-12(21)18-5-19-6-26-11-3-9(14)8(2-10(11)19)13(15,16)25(22,23)24/h2-3,6H,4-5H2,1H3,(H3-,17,18,20,21,22,23,24)/p+1. The number of benzene rings is 1. The molecule has 8 nitrogen and oxygen atoms in total. The van der Waals surface area contributed by atoms with Crippen molar-refractivity contribution in [3.63, 3.8) is 0 Å². The topological polar surface area (TPSA) is 120 Å². The molecule has 142 valence electrons. The Morgan fingerprint density at radius 1 is 1.35 bits per heavy atom. The van der Waals surface area contributed by atoms with Crippen molar-refractivity contribution in [3.05, 3.63) is 27.7 Å². The predicted octanol–water partition coefficient (Wildman–Crippen LogP) is 1.39. The lowest BCUT2D eigenvalue weighted by molar-refractivity contribution is -0.670. The van der Waals surface area contributed by atoms with Crippen molar-refractivity contribution >= 4 is 56.9 Å². The molecule has 13 heteroatoms. The number of carbonyl (C=O) groups is 2. The van der Waals surface area contributed by atoms with E-state index in [4.69, 9.17) is 9.79 Å². The second kappa shape index (κ2) is 7.65. The maximum absolute atomic E-state index is 14.1. The summed E-state index contributed by atoms with van der Waals surface area (Å²) >= 11 is 4.11. The molecule has 2 aromatic rings. The van der Waals surface area contributed by atoms with E-state index in [1.54, 1.807) is 5.51 Å². The van der Waals surface area contributed by atoms with Crippen LogP contribution in [0, 0.1) is 0 Å². The molecule has 0 radical (unpaired) electrons. The summed E-state index contributed by atoms with van der Waals surface area (Å²) in [6, 6.07) is 2.30. The third-order valence-electron chi connectivity index (χ3n) is 3.30. The zero-order chi connectivity index (χ0) is 19.7. The fraction of sp³-hybridized carbons (Fsp3) is 0.308. The van der Waals surface area contributed by atoms with Crippen molar-refractivity contribution in [2.75, 3.05) is 6.54 Å². The summed E-state index contributed by atoms with van der Waals surface area (Å²) in [5, 5.41) is 4.81.